The Hall–Kier alpha value is -3.23. The largest absolute Gasteiger partial charge is 0.494 e. The molecule has 1 aromatic carbocycles. The van der Waals surface area contributed by atoms with Crippen molar-refractivity contribution in [3.8, 4) is 16.9 Å². The summed E-state index contributed by atoms with van der Waals surface area (Å²) in [5.74, 6) is -2.23. The summed E-state index contributed by atoms with van der Waals surface area (Å²) in [5.41, 5.74) is 0.0582. The van der Waals surface area contributed by atoms with Crippen LogP contribution in [0.25, 0.3) is 11.1 Å². The van der Waals surface area contributed by atoms with Crippen molar-refractivity contribution in [2.24, 2.45) is 14.1 Å². The third kappa shape index (κ3) is 2.95. The quantitative estimate of drug-likeness (QED) is 0.786. The minimum absolute atomic E-state index is 0.0275. The maximum absolute atomic E-state index is 14.6. The van der Waals surface area contributed by atoms with Crippen molar-refractivity contribution in [1.29, 1.82) is 0 Å². The van der Waals surface area contributed by atoms with Gasteiger partial charge in [0.1, 0.15) is 11.5 Å². The molecule has 0 bridgehead atoms. The highest BCUT2D eigenvalue weighted by molar-refractivity contribution is 6.04. The predicted molar refractivity (Wildman–Crippen MR) is 86.3 cm³/mol. The smallest absolute Gasteiger partial charge is 0.275 e. The number of ether oxygens (including phenoxy) is 1. The number of halogens is 2. The summed E-state index contributed by atoms with van der Waals surface area (Å²) < 4.78 is 36.6. The number of carbonyl (C=O) groups excluding carboxylic acids is 1. The van der Waals surface area contributed by atoms with Crippen LogP contribution < -0.4 is 10.1 Å². The lowest BCUT2D eigenvalue weighted by atomic mass is 10.1. The molecule has 0 radical (unpaired) electrons. The minimum atomic E-state index is -0.869. The van der Waals surface area contributed by atoms with E-state index in [9.17, 15) is 13.6 Å². The average molecular weight is 347 g/mol. The number of methoxy groups -OCH3 is 1. The van der Waals surface area contributed by atoms with Crippen molar-refractivity contribution >= 4 is 11.7 Å². The highest BCUT2D eigenvalue weighted by Crippen LogP contribution is 2.35. The summed E-state index contributed by atoms with van der Waals surface area (Å²) in [6, 6.07) is 2.29. The van der Waals surface area contributed by atoms with Crippen LogP contribution in [0.2, 0.25) is 0 Å². The first kappa shape index (κ1) is 16.6. The number of aromatic nitrogens is 4. The molecule has 0 aliphatic carbocycles. The molecule has 1 amide bonds. The van der Waals surface area contributed by atoms with Crippen LogP contribution in [0.3, 0.4) is 0 Å². The number of rotatable bonds is 4. The van der Waals surface area contributed by atoms with Crippen LogP contribution in [-0.2, 0) is 14.1 Å². The number of nitrogens with zero attached hydrogens (tertiary/aromatic N) is 4. The van der Waals surface area contributed by atoms with Gasteiger partial charge in [0, 0.05) is 20.3 Å². The summed E-state index contributed by atoms with van der Waals surface area (Å²) in [4.78, 5) is 16.2. The molecule has 130 valence electrons. The zero-order chi connectivity index (χ0) is 18.1. The number of aryl methyl sites for hydroxylation is 2. The van der Waals surface area contributed by atoms with E-state index in [2.05, 4.69) is 15.4 Å². The number of anilines is 1. The third-order valence-corrected chi connectivity index (χ3v) is 3.65. The first-order valence-electron chi connectivity index (χ1n) is 7.26. The van der Waals surface area contributed by atoms with Crippen LogP contribution in [-0.4, -0.2) is 32.3 Å². The van der Waals surface area contributed by atoms with Gasteiger partial charge in [-0.25, -0.2) is 13.8 Å². The Morgan fingerprint density at radius 1 is 1.28 bits per heavy atom. The first-order valence-corrected chi connectivity index (χ1v) is 7.26. The predicted octanol–water partition coefficient (Wildman–Crippen LogP) is 2.36. The summed E-state index contributed by atoms with van der Waals surface area (Å²) in [6.07, 6.45) is 4.26. The number of hydrogen-bond acceptors (Lipinski definition) is 4. The van der Waals surface area contributed by atoms with Crippen molar-refractivity contribution in [3.05, 3.63) is 48.2 Å². The molecule has 0 spiro atoms. The van der Waals surface area contributed by atoms with Gasteiger partial charge in [-0.2, -0.15) is 5.10 Å². The Morgan fingerprint density at radius 2 is 2.04 bits per heavy atom. The Labute approximate surface area is 141 Å². The maximum Gasteiger partial charge on any atom is 0.275 e. The van der Waals surface area contributed by atoms with Gasteiger partial charge in [-0.15, -0.1) is 0 Å². The van der Waals surface area contributed by atoms with Crippen LogP contribution in [0, 0.1) is 11.6 Å². The van der Waals surface area contributed by atoms with Crippen LogP contribution in [0.4, 0.5) is 14.6 Å². The fourth-order valence-electron chi connectivity index (χ4n) is 2.45. The molecule has 9 heteroatoms. The second-order valence-electron chi connectivity index (χ2n) is 5.35. The van der Waals surface area contributed by atoms with Crippen LogP contribution in [0.15, 0.2) is 30.9 Å². The second-order valence-corrected chi connectivity index (χ2v) is 5.35. The number of hydrogen-bond donors (Lipinski definition) is 1. The molecule has 0 fully saturated rings. The van der Waals surface area contributed by atoms with Gasteiger partial charge in [-0.1, -0.05) is 0 Å². The molecule has 0 atom stereocenters. The van der Waals surface area contributed by atoms with Crippen molar-refractivity contribution < 1.29 is 18.3 Å². The van der Waals surface area contributed by atoms with E-state index in [-0.39, 0.29) is 28.4 Å². The molecule has 2 heterocycles. The third-order valence-electron chi connectivity index (χ3n) is 3.65. The molecule has 1 N–H and O–H groups in total. The van der Waals surface area contributed by atoms with E-state index >= 15 is 0 Å². The fraction of sp³-hybridized carbons (Fsp3) is 0.188. The zero-order valence-corrected chi connectivity index (χ0v) is 13.7. The summed E-state index contributed by atoms with van der Waals surface area (Å²) in [5, 5.41) is 6.64. The lowest BCUT2D eigenvalue weighted by molar-refractivity contribution is 0.101. The summed E-state index contributed by atoms with van der Waals surface area (Å²) in [6.45, 7) is 0. The Morgan fingerprint density at radius 3 is 2.68 bits per heavy atom. The molecular formula is C16H15F2N5O2. The Balaban J connectivity index is 2.06. The average Bonchev–Trinajstić information content (AvgIpc) is 3.14. The van der Waals surface area contributed by atoms with Gasteiger partial charge >= 0.3 is 0 Å². The Bertz CT molecular complexity index is 948. The summed E-state index contributed by atoms with van der Waals surface area (Å²) in [7, 11) is 4.52. The van der Waals surface area contributed by atoms with E-state index in [0.29, 0.717) is 0 Å². The topological polar surface area (TPSA) is 74.0 Å². The molecule has 25 heavy (non-hydrogen) atoms. The number of carbonyl (C=O) groups is 1. The van der Waals surface area contributed by atoms with Gasteiger partial charge in [0.2, 0.25) is 0 Å². The lowest BCUT2D eigenvalue weighted by Crippen LogP contribution is -2.16. The van der Waals surface area contributed by atoms with Crippen molar-refractivity contribution in [1.82, 2.24) is 19.3 Å². The molecule has 0 saturated carbocycles. The van der Waals surface area contributed by atoms with Crippen LogP contribution in [0.5, 0.6) is 5.75 Å². The van der Waals surface area contributed by atoms with Gasteiger partial charge in [0.15, 0.2) is 17.4 Å². The van der Waals surface area contributed by atoms with Crippen LogP contribution in [0.1, 0.15) is 10.5 Å². The Kier molecular flexibility index (Phi) is 4.22. The molecule has 0 unspecified atom stereocenters. The van der Waals surface area contributed by atoms with E-state index in [1.54, 1.807) is 14.1 Å². The van der Waals surface area contributed by atoms with Gasteiger partial charge < -0.3 is 14.6 Å². The van der Waals surface area contributed by atoms with Gasteiger partial charge in [0.25, 0.3) is 5.91 Å². The van der Waals surface area contributed by atoms with E-state index in [1.807, 2.05) is 0 Å². The molecule has 3 rings (SSSR count). The highest BCUT2D eigenvalue weighted by atomic mass is 19.1. The maximum atomic E-state index is 14.6. The molecule has 0 aliphatic heterocycles. The van der Waals surface area contributed by atoms with E-state index in [0.717, 1.165) is 6.07 Å². The van der Waals surface area contributed by atoms with Crippen molar-refractivity contribution in [2.75, 3.05) is 12.4 Å². The highest BCUT2D eigenvalue weighted by Gasteiger charge is 2.23. The van der Waals surface area contributed by atoms with Crippen molar-refractivity contribution in [3.63, 3.8) is 0 Å². The van der Waals surface area contributed by atoms with E-state index < -0.39 is 17.5 Å². The molecule has 3 aromatic rings. The number of nitrogens with one attached hydrogen (secondary N) is 1. The monoisotopic (exact) mass is 347 g/mol. The number of amides is 1. The molecular weight excluding hydrogens is 332 g/mol. The summed E-state index contributed by atoms with van der Waals surface area (Å²) >= 11 is 0. The van der Waals surface area contributed by atoms with Gasteiger partial charge in [-0.05, 0) is 12.1 Å². The molecule has 0 aliphatic rings. The lowest BCUT2D eigenvalue weighted by Gasteiger charge is -2.09. The molecule has 2 aromatic heterocycles. The second kappa shape index (κ2) is 6.34. The SMILES string of the molecule is COc1ccc(F)c(-c2cn(C)nc2NC(=O)c2cncn2C)c1F. The molecule has 0 saturated heterocycles. The van der Waals surface area contributed by atoms with Gasteiger partial charge in [0.05, 0.1) is 30.8 Å². The number of imidazole rings is 1. The number of benzene rings is 1. The standard InChI is InChI=1S/C16H15F2N5O2/c1-22-8-19-6-11(22)16(24)20-15-9(7-23(2)21-15)13-10(17)4-5-12(25-3)14(13)18/h4-8H,1-3H3,(H,20,21,24). The van der Waals surface area contributed by atoms with E-state index in [1.165, 1.54) is 41.1 Å². The van der Waals surface area contributed by atoms with Gasteiger partial charge in [-0.3, -0.25) is 9.48 Å². The van der Waals surface area contributed by atoms with Crippen molar-refractivity contribution in [2.45, 2.75) is 0 Å². The van der Waals surface area contributed by atoms with Crippen LogP contribution >= 0.6 is 0 Å². The van der Waals surface area contributed by atoms with E-state index in [4.69, 9.17) is 4.74 Å². The first-order chi connectivity index (χ1) is 11.9. The zero-order valence-electron chi connectivity index (χ0n) is 13.7. The fourth-order valence-corrected chi connectivity index (χ4v) is 2.45. The molecule has 7 nitrogen and oxygen atoms in total. The normalized spacial score (nSPS) is 10.8. The minimum Gasteiger partial charge on any atom is -0.494 e.